The molecule has 1 unspecified atom stereocenters. The van der Waals surface area contributed by atoms with E-state index in [1.165, 1.54) is 13.0 Å². The number of rotatable bonds is 3. The van der Waals surface area contributed by atoms with Crippen LogP contribution in [0.1, 0.15) is 22.8 Å². The van der Waals surface area contributed by atoms with Crippen LogP contribution in [0.25, 0.3) is 0 Å². The SMILES string of the molecule is CC(OC(=O)c1ccc(F)cc1Br)C(=O)N1CC(=O)Nc2cc(C(F)(F)F)ccc21. The van der Waals surface area contributed by atoms with Crippen LogP contribution < -0.4 is 10.2 Å². The molecular weight excluding hydrogens is 476 g/mol. The van der Waals surface area contributed by atoms with Crippen LogP contribution in [-0.2, 0) is 20.5 Å². The lowest BCUT2D eigenvalue weighted by molar-refractivity contribution is -0.137. The summed E-state index contributed by atoms with van der Waals surface area (Å²) in [7, 11) is 0. The van der Waals surface area contributed by atoms with Crippen molar-refractivity contribution in [2.24, 2.45) is 0 Å². The molecule has 30 heavy (non-hydrogen) atoms. The van der Waals surface area contributed by atoms with Gasteiger partial charge >= 0.3 is 12.1 Å². The number of alkyl halides is 3. The summed E-state index contributed by atoms with van der Waals surface area (Å²) in [5.74, 6) is -3.01. The molecule has 2 aromatic carbocycles. The number of anilines is 2. The van der Waals surface area contributed by atoms with E-state index in [1.54, 1.807) is 0 Å². The standard InChI is InChI=1S/C19H13BrF4N2O4/c1-9(30-18(29)12-4-3-11(21)7-13(12)20)17(28)26-8-16(27)25-14-6-10(19(22,23)24)2-5-15(14)26/h2-7,9H,8H2,1H3,(H,25,27). The molecule has 0 aliphatic carbocycles. The van der Waals surface area contributed by atoms with E-state index in [0.717, 1.165) is 35.2 Å². The maximum absolute atomic E-state index is 13.2. The van der Waals surface area contributed by atoms with Crippen molar-refractivity contribution in [3.8, 4) is 0 Å². The zero-order valence-corrected chi connectivity index (χ0v) is 16.8. The van der Waals surface area contributed by atoms with E-state index in [9.17, 15) is 31.9 Å². The third kappa shape index (κ3) is 4.45. The molecule has 1 aliphatic heterocycles. The molecule has 0 saturated heterocycles. The molecule has 0 radical (unpaired) electrons. The quantitative estimate of drug-likeness (QED) is 0.520. The number of fused-ring (bicyclic) bond motifs is 1. The van der Waals surface area contributed by atoms with E-state index in [4.69, 9.17) is 4.74 Å². The van der Waals surface area contributed by atoms with Crippen LogP contribution in [-0.4, -0.2) is 30.4 Å². The Morgan fingerprint density at radius 3 is 2.53 bits per heavy atom. The van der Waals surface area contributed by atoms with Gasteiger partial charge in [-0.15, -0.1) is 0 Å². The van der Waals surface area contributed by atoms with E-state index in [1.807, 2.05) is 0 Å². The Bertz CT molecular complexity index is 1040. The van der Waals surface area contributed by atoms with Crippen LogP contribution in [0.4, 0.5) is 28.9 Å². The normalized spacial score (nSPS) is 14.6. The van der Waals surface area contributed by atoms with Gasteiger partial charge in [-0.1, -0.05) is 0 Å². The van der Waals surface area contributed by atoms with E-state index in [0.29, 0.717) is 0 Å². The lowest BCUT2D eigenvalue weighted by Gasteiger charge is -2.31. The second-order valence-corrected chi connectivity index (χ2v) is 7.23. The molecule has 0 fully saturated rings. The van der Waals surface area contributed by atoms with Crippen molar-refractivity contribution in [2.75, 3.05) is 16.8 Å². The molecule has 1 atom stereocenters. The van der Waals surface area contributed by atoms with Crippen molar-refractivity contribution >= 4 is 45.1 Å². The molecule has 2 amide bonds. The number of hydrogen-bond donors (Lipinski definition) is 1. The number of ether oxygens (including phenoxy) is 1. The van der Waals surface area contributed by atoms with Gasteiger partial charge in [0.15, 0.2) is 6.10 Å². The van der Waals surface area contributed by atoms with Crippen LogP contribution in [0.2, 0.25) is 0 Å². The Hall–Kier alpha value is -2.95. The number of nitrogens with one attached hydrogen (secondary N) is 1. The third-order valence-corrected chi connectivity index (χ3v) is 4.90. The molecule has 6 nitrogen and oxygen atoms in total. The number of carbonyl (C=O) groups excluding carboxylic acids is 3. The number of carbonyl (C=O) groups is 3. The number of halogens is 5. The summed E-state index contributed by atoms with van der Waals surface area (Å²) in [5.41, 5.74) is -1.16. The Kier molecular flexibility index (Phi) is 5.84. The highest BCUT2D eigenvalue weighted by molar-refractivity contribution is 9.10. The van der Waals surface area contributed by atoms with Crippen LogP contribution in [0, 0.1) is 5.82 Å². The molecule has 0 spiro atoms. The molecule has 11 heteroatoms. The van der Waals surface area contributed by atoms with Crippen molar-refractivity contribution in [3.05, 3.63) is 57.8 Å². The van der Waals surface area contributed by atoms with Gasteiger partial charge in [0.2, 0.25) is 5.91 Å². The molecule has 3 rings (SSSR count). The average Bonchev–Trinajstić information content (AvgIpc) is 2.65. The Balaban J connectivity index is 1.83. The number of amides is 2. The topological polar surface area (TPSA) is 75.7 Å². The van der Waals surface area contributed by atoms with E-state index in [-0.39, 0.29) is 21.4 Å². The van der Waals surface area contributed by atoms with Gasteiger partial charge in [-0.2, -0.15) is 13.2 Å². The highest BCUT2D eigenvalue weighted by Crippen LogP contribution is 2.37. The molecule has 0 saturated carbocycles. The lowest BCUT2D eigenvalue weighted by Crippen LogP contribution is -2.47. The molecule has 1 heterocycles. The second kappa shape index (κ2) is 8.05. The van der Waals surface area contributed by atoms with Gasteiger partial charge in [-0.25, -0.2) is 9.18 Å². The van der Waals surface area contributed by atoms with Crippen LogP contribution in [0.5, 0.6) is 0 Å². The summed E-state index contributed by atoms with van der Waals surface area (Å²) in [4.78, 5) is 37.9. The predicted octanol–water partition coefficient (Wildman–Crippen LogP) is 4.14. The van der Waals surface area contributed by atoms with Gasteiger partial charge in [0.25, 0.3) is 5.91 Å². The van der Waals surface area contributed by atoms with E-state index >= 15 is 0 Å². The fraction of sp³-hybridized carbons (Fsp3) is 0.211. The first-order valence-corrected chi connectivity index (χ1v) is 9.25. The highest BCUT2D eigenvalue weighted by atomic mass is 79.9. The van der Waals surface area contributed by atoms with Gasteiger partial charge in [0.05, 0.1) is 22.5 Å². The first-order chi connectivity index (χ1) is 14.0. The van der Waals surface area contributed by atoms with Crippen LogP contribution in [0.15, 0.2) is 40.9 Å². The monoisotopic (exact) mass is 488 g/mol. The van der Waals surface area contributed by atoms with Gasteiger partial charge in [-0.3, -0.25) is 14.5 Å². The summed E-state index contributed by atoms with van der Waals surface area (Å²) >= 11 is 3.02. The van der Waals surface area contributed by atoms with E-state index in [2.05, 4.69) is 21.2 Å². The van der Waals surface area contributed by atoms with Gasteiger partial charge in [0, 0.05) is 4.47 Å². The predicted molar refractivity (Wildman–Crippen MR) is 101 cm³/mol. The Morgan fingerprint density at radius 1 is 1.20 bits per heavy atom. The number of benzene rings is 2. The third-order valence-electron chi connectivity index (χ3n) is 4.24. The summed E-state index contributed by atoms with van der Waals surface area (Å²) < 4.78 is 57.2. The first-order valence-electron chi connectivity index (χ1n) is 8.46. The van der Waals surface area contributed by atoms with Crippen molar-refractivity contribution < 1.29 is 36.7 Å². The Labute approximate surface area is 175 Å². The van der Waals surface area contributed by atoms with Crippen molar-refractivity contribution in [3.63, 3.8) is 0 Å². The molecule has 0 aromatic heterocycles. The summed E-state index contributed by atoms with van der Waals surface area (Å²) in [6, 6.07) is 5.81. The highest BCUT2D eigenvalue weighted by Gasteiger charge is 2.35. The zero-order valence-electron chi connectivity index (χ0n) is 15.2. The average molecular weight is 489 g/mol. The van der Waals surface area contributed by atoms with Gasteiger partial charge in [0.1, 0.15) is 12.4 Å². The molecule has 1 N–H and O–H groups in total. The van der Waals surface area contributed by atoms with Crippen molar-refractivity contribution in [1.82, 2.24) is 0 Å². The fourth-order valence-corrected chi connectivity index (χ4v) is 3.32. The minimum absolute atomic E-state index is 0.0253. The largest absolute Gasteiger partial charge is 0.449 e. The van der Waals surface area contributed by atoms with Crippen molar-refractivity contribution in [2.45, 2.75) is 19.2 Å². The number of hydrogen-bond acceptors (Lipinski definition) is 4. The van der Waals surface area contributed by atoms with Crippen LogP contribution >= 0.6 is 15.9 Å². The Morgan fingerprint density at radius 2 is 1.90 bits per heavy atom. The van der Waals surface area contributed by atoms with Gasteiger partial charge < -0.3 is 10.1 Å². The fourth-order valence-electron chi connectivity index (χ4n) is 2.81. The maximum Gasteiger partial charge on any atom is 0.416 e. The first kappa shape index (κ1) is 21.8. The van der Waals surface area contributed by atoms with Gasteiger partial charge in [-0.05, 0) is 59.3 Å². The van der Waals surface area contributed by atoms with E-state index < -0.39 is 48.0 Å². The summed E-state index contributed by atoms with van der Waals surface area (Å²) in [5, 5.41) is 2.29. The molecular formula is C19H13BrF4N2O4. The summed E-state index contributed by atoms with van der Waals surface area (Å²) in [6.07, 6.45) is -5.99. The summed E-state index contributed by atoms with van der Waals surface area (Å²) in [6.45, 7) is 0.799. The molecule has 158 valence electrons. The minimum atomic E-state index is -4.63. The molecule has 2 aromatic rings. The lowest BCUT2D eigenvalue weighted by atomic mass is 10.1. The molecule has 1 aliphatic rings. The smallest absolute Gasteiger partial charge is 0.416 e. The van der Waals surface area contributed by atoms with Crippen molar-refractivity contribution in [1.29, 1.82) is 0 Å². The zero-order chi connectivity index (χ0) is 22.2. The minimum Gasteiger partial charge on any atom is -0.449 e. The number of nitrogens with zero attached hydrogens (tertiary/aromatic N) is 1. The number of esters is 1. The second-order valence-electron chi connectivity index (χ2n) is 6.37. The van der Waals surface area contributed by atoms with Crippen LogP contribution in [0.3, 0.4) is 0 Å². The molecule has 0 bridgehead atoms. The maximum atomic E-state index is 13.2.